The summed E-state index contributed by atoms with van der Waals surface area (Å²) in [4.78, 5) is 16.6. The molecule has 1 spiro atoms. The molecule has 1 saturated carbocycles. The lowest BCUT2D eigenvalue weighted by molar-refractivity contribution is -0.118. The summed E-state index contributed by atoms with van der Waals surface area (Å²) in [5.41, 5.74) is 11.0. The van der Waals surface area contributed by atoms with Gasteiger partial charge >= 0.3 is 6.18 Å². The second kappa shape index (κ2) is 21.5. The van der Waals surface area contributed by atoms with E-state index in [0.29, 0.717) is 35.6 Å². The second-order valence-corrected chi connectivity index (χ2v) is 22.1. The first-order valence-corrected chi connectivity index (χ1v) is 25.6. The van der Waals surface area contributed by atoms with E-state index in [0.717, 1.165) is 96.4 Å². The van der Waals surface area contributed by atoms with Crippen LogP contribution in [0.1, 0.15) is 127 Å². The maximum atomic E-state index is 14.8. The Morgan fingerprint density at radius 3 is 2.42 bits per heavy atom. The van der Waals surface area contributed by atoms with E-state index in [1.54, 1.807) is 17.5 Å². The van der Waals surface area contributed by atoms with E-state index < -0.39 is 12.7 Å². The minimum absolute atomic E-state index is 0.0123. The van der Waals surface area contributed by atoms with Gasteiger partial charge in [-0.1, -0.05) is 71.9 Å². The van der Waals surface area contributed by atoms with Crippen LogP contribution in [0.25, 0.3) is 17.0 Å². The molecule has 4 aliphatic rings. The average Bonchev–Trinajstić information content (AvgIpc) is 3.98. The van der Waals surface area contributed by atoms with Gasteiger partial charge in [-0.2, -0.15) is 13.2 Å². The lowest BCUT2D eigenvalue weighted by atomic mass is 9.72. The maximum absolute atomic E-state index is 14.8. The number of anilines is 1. The van der Waals surface area contributed by atoms with Gasteiger partial charge in [0.1, 0.15) is 6.54 Å². The Bertz CT molecular complexity index is 2130. The van der Waals surface area contributed by atoms with Gasteiger partial charge < -0.3 is 20.1 Å². The molecule has 3 saturated heterocycles. The summed E-state index contributed by atoms with van der Waals surface area (Å²) < 4.78 is 44.3. The molecule has 0 radical (unpaired) electrons. The number of benzene rings is 1. The van der Waals surface area contributed by atoms with Crippen molar-refractivity contribution in [2.75, 3.05) is 57.8 Å². The summed E-state index contributed by atoms with van der Waals surface area (Å²) in [6.45, 7) is 29.1. The highest BCUT2D eigenvalue weighted by Crippen LogP contribution is 2.43. The van der Waals surface area contributed by atoms with Crippen LogP contribution in [0.15, 0.2) is 90.8 Å². The molecule has 2 unspecified atom stereocenters. The molecule has 4 fully saturated rings. The summed E-state index contributed by atoms with van der Waals surface area (Å²) in [6.07, 6.45) is 12.0. The van der Waals surface area contributed by atoms with Crippen molar-refractivity contribution < 1.29 is 13.2 Å². The molecule has 2 aromatic heterocycles. The van der Waals surface area contributed by atoms with E-state index in [1.807, 2.05) is 63.2 Å². The summed E-state index contributed by atoms with van der Waals surface area (Å²) in [5, 5.41) is 9.26. The van der Waals surface area contributed by atoms with Crippen LogP contribution in [0.4, 0.5) is 18.9 Å². The number of piperidine rings is 1. The van der Waals surface area contributed by atoms with Gasteiger partial charge in [0, 0.05) is 90.0 Å². The van der Waals surface area contributed by atoms with Crippen molar-refractivity contribution in [3.63, 3.8) is 0 Å². The van der Waals surface area contributed by atoms with Crippen molar-refractivity contribution in [2.45, 2.75) is 136 Å². The van der Waals surface area contributed by atoms with Crippen molar-refractivity contribution in [3.8, 4) is 11.3 Å². The van der Waals surface area contributed by atoms with E-state index in [-0.39, 0.29) is 23.4 Å². The smallest absolute Gasteiger partial charge is 0.379 e. The fourth-order valence-corrected chi connectivity index (χ4v) is 12.5. The summed E-state index contributed by atoms with van der Waals surface area (Å²) in [6, 6.07) is 11.4. The molecule has 3 aliphatic heterocycles. The lowest BCUT2D eigenvalue weighted by Crippen LogP contribution is -2.63. The van der Waals surface area contributed by atoms with Crippen LogP contribution in [0.5, 0.6) is 0 Å². The molecule has 1 aliphatic carbocycles. The number of pyridine rings is 1. The van der Waals surface area contributed by atoms with Crippen LogP contribution in [0.3, 0.4) is 0 Å². The molecule has 1 aromatic carbocycles. The predicted molar refractivity (Wildman–Crippen MR) is 269 cm³/mol. The number of allylic oxidation sites excluding steroid dienone is 2. The number of alkyl halides is 3. The van der Waals surface area contributed by atoms with Gasteiger partial charge in [-0.3, -0.25) is 9.88 Å². The van der Waals surface area contributed by atoms with Gasteiger partial charge in [-0.15, -0.1) is 17.9 Å². The fourth-order valence-electron chi connectivity index (χ4n) is 11.7. The van der Waals surface area contributed by atoms with E-state index in [1.165, 1.54) is 56.5 Å². The molecule has 7 rings (SSSR count). The highest BCUT2D eigenvalue weighted by molar-refractivity contribution is 7.10. The van der Waals surface area contributed by atoms with Gasteiger partial charge in [0.05, 0.1) is 28.5 Å². The first kappa shape index (κ1) is 49.9. The third-order valence-electron chi connectivity index (χ3n) is 14.5. The van der Waals surface area contributed by atoms with Crippen molar-refractivity contribution in [1.82, 2.24) is 35.5 Å². The topological polar surface area (TPSA) is 62.8 Å². The van der Waals surface area contributed by atoms with Crippen LogP contribution in [0, 0.1) is 16.7 Å². The Morgan fingerprint density at radius 1 is 1.03 bits per heavy atom. The van der Waals surface area contributed by atoms with E-state index >= 15 is 0 Å². The monoisotopic (exact) mass is 927 g/mol. The van der Waals surface area contributed by atoms with E-state index in [2.05, 4.69) is 65.0 Å². The van der Waals surface area contributed by atoms with Crippen molar-refractivity contribution in [3.05, 3.63) is 107 Å². The number of likely N-dealkylation sites (tertiary alicyclic amines) is 2. The standard InChI is InChI=1S/C54H77F3N8S/c1-10-11-25-52(7,8)32-39(4)50(45-20-16-27-58-49(45)38(2)3)64(37-54(55,56)57)44-23-21-42(22-24-44)47-33-66-48(61-47)31-46(41(6)65-30-15-14-28-59-65)60-40(5)51(43-18-12-13-19-43)63-29-17-26-53(36-63)34-62(9)35-53/h10,16,20-24,27,33,38,43,46,51,59-60H,1,5-6,11-15,17-19,25-26,28-32,34-37H2,2-4,7-9H3/b50-39+. The number of hydrazine groups is 1. The third kappa shape index (κ3) is 12.4. The van der Waals surface area contributed by atoms with Gasteiger partial charge in [0.25, 0.3) is 0 Å². The van der Waals surface area contributed by atoms with Crippen molar-refractivity contribution >= 4 is 22.7 Å². The highest BCUT2D eigenvalue weighted by atomic mass is 32.1. The minimum atomic E-state index is -4.46. The van der Waals surface area contributed by atoms with Gasteiger partial charge in [0.2, 0.25) is 0 Å². The normalized spacial score (nSPS) is 19.9. The van der Waals surface area contributed by atoms with Crippen LogP contribution in [-0.4, -0.2) is 95.9 Å². The van der Waals surface area contributed by atoms with Crippen LogP contribution < -0.4 is 15.6 Å². The van der Waals surface area contributed by atoms with Crippen LogP contribution in [0.2, 0.25) is 0 Å². The zero-order chi connectivity index (χ0) is 47.2. The Morgan fingerprint density at radius 2 is 1.77 bits per heavy atom. The first-order valence-electron chi connectivity index (χ1n) is 24.7. The Balaban J connectivity index is 1.16. The number of nitrogens with one attached hydrogen (secondary N) is 2. The highest BCUT2D eigenvalue weighted by Gasteiger charge is 2.47. The summed E-state index contributed by atoms with van der Waals surface area (Å²) in [5.74, 6) is 0.603. The molecule has 3 aromatic rings. The summed E-state index contributed by atoms with van der Waals surface area (Å²) >= 11 is 1.62. The Kier molecular flexibility index (Phi) is 16.3. The summed E-state index contributed by atoms with van der Waals surface area (Å²) in [7, 11) is 2.24. The number of rotatable bonds is 20. The quantitative estimate of drug-likeness (QED) is 0.109. The zero-order valence-corrected chi connectivity index (χ0v) is 41.6. The van der Waals surface area contributed by atoms with Crippen LogP contribution in [-0.2, 0) is 6.42 Å². The SMILES string of the molecule is C=CCCC(C)(C)C/C(C)=C(\c1cccnc1C(C)C)N(CC(F)(F)F)c1ccc(-c2csc(CC(NC(=C)C(C3CCCC3)N3CCCC4(CN(C)C4)C3)C(=C)N3CCCCN3)n2)cc1. The molecule has 5 heterocycles. The van der Waals surface area contributed by atoms with Crippen molar-refractivity contribution in [1.29, 1.82) is 0 Å². The number of nitrogens with zero attached hydrogens (tertiary/aromatic N) is 6. The number of halogens is 3. The fraction of sp³-hybridized carbons (Fsp3) is 0.593. The molecule has 8 nitrogen and oxygen atoms in total. The van der Waals surface area contributed by atoms with Crippen LogP contribution >= 0.6 is 11.3 Å². The molecular formula is C54H77F3N8S. The largest absolute Gasteiger partial charge is 0.406 e. The molecule has 2 atom stereocenters. The molecule has 0 amide bonds. The van der Waals surface area contributed by atoms with E-state index in [4.69, 9.17) is 16.5 Å². The lowest BCUT2D eigenvalue weighted by Gasteiger charge is -2.55. The zero-order valence-electron chi connectivity index (χ0n) is 40.8. The third-order valence-corrected chi connectivity index (χ3v) is 15.4. The van der Waals surface area contributed by atoms with Gasteiger partial charge in [0.15, 0.2) is 0 Å². The number of aromatic nitrogens is 2. The number of hydrogen-bond donors (Lipinski definition) is 2. The molecule has 66 heavy (non-hydrogen) atoms. The number of thiazole rings is 1. The average molecular weight is 927 g/mol. The molecule has 360 valence electrons. The van der Waals surface area contributed by atoms with Gasteiger partial charge in [-0.05, 0) is 125 Å². The number of hydrogen-bond acceptors (Lipinski definition) is 9. The van der Waals surface area contributed by atoms with E-state index in [9.17, 15) is 13.2 Å². The molecule has 2 N–H and O–H groups in total. The molecule has 12 heteroatoms. The first-order chi connectivity index (χ1) is 31.4. The minimum Gasteiger partial charge on any atom is -0.379 e. The molecular weight excluding hydrogens is 850 g/mol. The maximum Gasteiger partial charge on any atom is 0.406 e. The Labute approximate surface area is 398 Å². The predicted octanol–water partition coefficient (Wildman–Crippen LogP) is 12.2. The Hall–Kier alpha value is -3.97. The van der Waals surface area contributed by atoms with Crippen molar-refractivity contribution in [2.24, 2.45) is 16.7 Å². The molecule has 0 bridgehead atoms. The second-order valence-electron chi connectivity index (χ2n) is 21.2. The van der Waals surface area contributed by atoms with Gasteiger partial charge in [-0.25, -0.2) is 10.4 Å².